The molecule has 2 fully saturated rings. The van der Waals surface area contributed by atoms with Gasteiger partial charge >= 0.3 is 0 Å². The zero-order chi connectivity index (χ0) is 24.3. The Morgan fingerprint density at radius 3 is 2.50 bits per heavy atom. The van der Waals surface area contributed by atoms with Crippen LogP contribution in [-0.4, -0.2) is 91.1 Å². The number of carbonyl (C=O) groups excluding carboxylic acids is 3. The van der Waals surface area contributed by atoms with E-state index in [4.69, 9.17) is 9.15 Å². The minimum Gasteiger partial charge on any atom is -0.459 e. The van der Waals surface area contributed by atoms with Gasteiger partial charge < -0.3 is 24.3 Å². The molecule has 0 radical (unpaired) electrons. The number of hydrogen-bond donors (Lipinski definition) is 1. The zero-order valence-electron chi connectivity index (χ0n) is 19.3. The first kappa shape index (κ1) is 23.9. The quantitative estimate of drug-likeness (QED) is 0.686. The summed E-state index contributed by atoms with van der Waals surface area (Å²) in [5.41, 5.74) is -1.05. The lowest BCUT2D eigenvalue weighted by molar-refractivity contribution is -0.128. The van der Waals surface area contributed by atoms with Crippen molar-refractivity contribution >= 4 is 17.7 Å². The number of rotatable bonds is 6. The third kappa shape index (κ3) is 4.69. The predicted molar refractivity (Wildman–Crippen MR) is 120 cm³/mol. The van der Waals surface area contributed by atoms with Crippen LogP contribution < -0.4 is 5.32 Å². The fraction of sp³-hybridized carbons (Fsp3) is 0.458. The predicted octanol–water partition coefficient (Wildman–Crippen LogP) is 1.57. The molecule has 1 N–H and O–H groups in total. The van der Waals surface area contributed by atoms with E-state index in [2.05, 4.69) is 5.32 Å². The number of likely N-dealkylation sites (N-methyl/N-ethyl adjacent to an activating group) is 1. The number of carbonyl (C=O) groups is 3. The van der Waals surface area contributed by atoms with E-state index in [-0.39, 0.29) is 36.9 Å². The monoisotopic (exact) mass is 472 g/mol. The summed E-state index contributed by atoms with van der Waals surface area (Å²) in [4.78, 5) is 44.2. The lowest BCUT2D eigenvalue weighted by Gasteiger charge is -2.44. The number of ether oxygens (including phenoxy) is 1. The molecule has 182 valence electrons. The maximum absolute atomic E-state index is 14.1. The van der Waals surface area contributed by atoms with Crippen molar-refractivity contribution in [2.24, 2.45) is 0 Å². The van der Waals surface area contributed by atoms with Crippen molar-refractivity contribution in [2.75, 3.05) is 46.9 Å². The van der Waals surface area contributed by atoms with Gasteiger partial charge in [-0.3, -0.25) is 19.3 Å². The van der Waals surface area contributed by atoms with Crippen LogP contribution >= 0.6 is 0 Å². The fourth-order valence-electron chi connectivity index (χ4n) is 4.47. The summed E-state index contributed by atoms with van der Waals surface area (Å²) in [5, 5.41) is 2.87. The lowest BCUT2D eigenvalue weighted by atomic mass is 9.96. The van der Waals surface area contributed by atoms with E-state index in [0.717, 1.165) is 0 Å². The van der Waals surface area contributed by atoms with Gasteiger partial charge in [0.15, 0.2) is 5.76 Å². The van der Waals surface area contributed by atoms with E-state index in [1.807, 2.05) is 19.0 Å². The molecule has 3 amide bonds. The van der Waals surface area contributed by atoms with Crippen molar-refractivity contribution in [3.05, 3.63) is 59.8 Å². The molecule has 9 nitrogen and oxygen atoms in total. The van der Waals surface area contributed by atoms with Gasteiger partial charge in [0.05, 0.1) is 18.4 Å². The first-order chi connectivity index (χ1) is 16.3. The number of nitrogens with zero attached hydrogens (tertiary/aromatic N) is 3. The summed E-state index contributed by atoms with van der Waals surface area (Å²) in [6.45, 7) is 1.64. The molecule has 1 atom stereocenters. The highest BCUT2D eigenvalue weighted by Crippen LogP contribution is 2.39. The molecular weight excluding hydrogens is 443 g/mol. The summed E-state index contributed by atoms with van der Waals surface area (Å²) in [6, 6.07) is 8.19. The number of likely N-dealkylation sites (tertiary alicyclic amines) is 1. The number of benzene rings is 1. The topological polar surface area (TPSA) is 95.3 Å². The van der Waals surface area contributed by atoms with Gasteiger partial charge in [0.1, 0.15) is 17.6 Å². The number of furan rings is 1. The van der Waals surface area contributed by atoms with Crippen LogP contribution in [0.4, 0.5) is 4.39 Å². The summed E-state index contributed by atoms with van der Waals surface area (Å²) in [7, 11) is 3.81. The second-order valence-electron chi connectivity index (χ2n) is 8.79. The number of nitrogens with one attached hydrogen (secondary N) is 1. The average Bonchev–Trinajstić information content (AvgIpc) is 3.48. The van der Waals surface area contributed by atoms with Gasteiger partial charge in [0, 0.05) is 39.0 Å². The van der Waals surface area contributed by atoms with Gasteiger partial charge in [-0.25, -0.2) is 4.39 Å². The van der Waals surface area contributed by atoms with Gasteiger partial charge in [-0.05, 0) is 38.4 Å². The molecule has 1 spiro atoms. The maximum Gasteiger partial charge on any atom is 0.292 e. The van der Waals surface area contributed by atoms with Crippen LogP contribution in [0.1, 0.15) is 33.8 Å². The number of amides is 3. The molecule has 10 heteroatoms. The standard InChI is InChI=1S/C24H29FN4O5/c1-27(2)14-11-26-21(30)19-16-34-24(29(19)23(32)20-8-5-15-33-20)9-12-28(13-10-24)22(31)17-6-3-4-7-18(17)25/h3-8,15,19H,9-14,16H2,1-2H3,(H,26,30). The molecule has 0 aliphatic carbocycles. The first-order valence-corrected chi connectivity index (χ1v) is 11.3. The third-order valence-electron chi connectivity index (χ3n) is 6.31. The Bertz CT molecular complexity index is 1030. The van der Waals surface area contributed by atoms with Gasteiger partial charge in [-0.2, -0.15) is 0 Å². The van der Waals surface area contributed by atoms with E-state index < -0.39 is 29.4 Å². The molecule has 4 rings (SSSR count). The molecule has 34 heavy (non-hydrogen) atoms. The normalized spacial score (nSPS) is 19.6. The molecule has 3 heterocycles. The van der Waals surface area contributed by atoms with Crippen molar-refractivity contribution in [3.63, 3.8) is 0 Å². The van der Waals surface area contributed by atoms with Crippen molar-refractivity contribution in [1.82, 2.24) is 20.0 Å². The lowest BCUT2D eigenvalue weighted by Crippen LogP contribution is -2.60. The van der Waals surface area contributed by atoms with Crippen molar-refractivity contribution in [1.29, 1.82) is 0 Å². The van der Waals surface area contributed by atoms with E-state index in [9.17, 15) is 18.8 Å². The molecular formula is C24H29FN4O5. The Kier molecular flexibility index (Phi) is 6.99. The van der Waals surface area contributed by atoms with Crippen LogP contribution in [0.5, 0.6) is 0 Å². The van der Waals surface area contributed by atoms with E-state index >= 15 is 0 Å². The Morgan fingerprint density at radius 2 is 1.85 bits per heavy atom. The minimum atomic E-state index is -1.06. The fourth-order valence-corrected chi connectivity index (χ4v) is 4.47. The number of piperidine rings is 1. The summed E-state index contributed by atoms with van der Waals surface area (Å²) in [6.07, 6.45) is 1.99. The summed E-state index contributed by atoms with van der Waals surface area (Å²) < 4.78 is 25.6. The van der Waals surface area contributed by atoms with Gasteiger partial charge in [0.25, 0.3) is 11.8 Å². The SMILES string of the molecule is CN(C)CCNC(=O)C1COC2(CCN(C(=O)c3ccccc3F)CC2)N1C(=O)c1ccco1. The largest absolute Gasteiger partial charge is 0.459 e. The Morgan fingerprint density at radius 1 is 1.12 bits per heavy atom. The molecule has 2 aliphatic heterocycles. The third-order valence-corrected chi connectivity index (χ3v) is 6.31. The van der Waals surface area contributed by atoms with Gasteiger partial charge in [0.2, 0.25) is 5.91 Å². The molecule has 2 aliphatic rings. The van der Waals surface area contributed by atoms with Crippen LogP contribution in [0.2, 0.25) is 0 Å². The molecule has 2 saturated heterocycles. The molecule has 0 bridgehead atoms. The summed E-state index contributed by atoms with van der Waals surface area (Å²) in [5.74, 6) is -1.62. The van der Waals surface area contributed by atoms with Crippen molar-refractivity contribution in [2.45, 2.75) is 24.6 Å². The van der Waals surface area contributed by atoms with Crippen LogP contribution in [-0.2, 0) is 9.53 Å². The molecule has 1 aromatic carbocycles. The highest BCUT2D eigenvalue weighted by atomic mass is 19.1. The second kappa shape index (κ2) is 9.94. The second-order valence-corrected chi connectivity index (χ2v) is 8.79. The van der Waals surface area contributed by atoms with Crippen LogP contribution in [0.25, 0.3) is 0 Å². The van der Waals surface area contributed by atoms with Gasteiger partial charge in [-0.1, -0.05) is 12.1 Å². The molecule has 1 aromatic heterocycles. The van der Waals surface area contributed by atoms with E-state index in [1.54, 1.807) is 23.1 Å². The van der Waals surface area contributed by atoms with Gasteiger partial charge in [-0.15, -0.1) is 0 Å². The Labute approximate surface area is 197 Å². The number of hydrogen-bond acceptors (Lipinski definition) is 6. The number of halogens is 1. The smallest absolute Gasteiger partial charge is 0.292 e. The molecule has 2 aromatic rings. The van der Waals surface area contributed by atoms with Crippen LogP contribution in [0.3, 0.4) is 0 Å². The van der Waals surface area contributed by atoms with E-state index in [1.165, 1.54) is 29.4 Å². The molecule has 0 saturated carbocycles. The minimum absolute atomic E-state index is 0.00690. The Balaban J connectivity index is 1.52. The van der Waals surface area contributed by atoms with Crippen molar-refractivity contribution in [3.8, 4) is 0 Å². The zero-order valence-corrected chi connectivity index (χ0v) is 19.3. The highest BCUT2D eigenvalue weighted by molar-refractivity contribution is 5.97. The maximum atomic E-state index is 14.1. The molecule has 1 unspecified atom stereocenters. The average molecular weight is 473 g/mol. The highest BCUT2D eigenvalue weighted by Gasteiger charge is 2.54. The first-order valence-electron chi connectivity index (χ1n) is 11.3. The van der Waals surface area contributed by atoms with Crippen LogP contribution in [0, 0.1) is 5.82 Å². The Hall–Kier alpha value is -3.24. The van der Waals surface area contributed by atoms with E-state index in [0.29, 0.717) is 25.9 Å². The van der Waals surface area contributed by atoms with Crippen LogP contribution in [0.15, 0.2) is 47.1 Å². The summed E-state index contributed by atoms with van der Waals surface area (Å²) >= 11 is 0. The van der Waals surface area contributed by atoms with Crippen molar-refractivity contribution < 1.29 is 27.9 Å².